The number of hydrogen-bond acceptors (Lipinski definition) is 3. The van der Waals surface area contributed by atoms with Gasteiger partial charge in [0.25, 0.3) is 0 Å². The molecule has 0 fully saturated rings. The molecule has 4 rings (SSSR count). The van der Waals surface area contributed by atoms with Crippen molar-refractivity contribution in [1.29, 1.82) is 0 Å². The van der Waals surface area contributed by atoms with E-state index in [0.717, 1.165) is 28.0 Å². The van der Waals surface area contributed by atoms with Gasteiger partial charge in [0, 0.05) is 36.7 Å². The molecule has 3 aromatic carbocycles. The van der Waals surface area contributed by atoms with E-state index < -0.39 is 0 Å². The summed E-state index contributed by atoms with van der Waals surface area (Å²) in [5.74, 6) is 0.672. The number of aryl methyl sites for hydroxylation is 2. The van der Waals surface area contributed by atoms with E-state index in [4.69, 9.17) is 4.98 Å². The van der Waals surface area contributed by atoms with Crippen LogP contribution in [0.15, 0.2) is 72.8 Å². The third-order valence-corrected chi connectivity index (χ3v) is 5.17. The number of Topliss-reactive ketones (excluding diaryl/α,β-unsaturated/α-hetero) is 1. The van der Waals surface area contributed by atoms with Crippen molar-refractivity contribution in [1.82, 2.24) is 9.55 Å². The Morgan fingerprint density at radius 3 is 2.30 bits per heavy atom. The number of fused-ring (bicyclic) bond motifs is 1. The zero-order valence-corrected chi connectivity index (χ0v) is 17.1. The summed E-state index contributed by atoms with van der Waals surface area (Å²) in [5, 5.41) is 2.86. The topological polar surface area (TPSA) is 64.0 Å². The highest BCUT2D eigenvalue weighted by atomic mass is 16.2. The van der Waals surface area contributed by atoms with Crippen molar-refractivity contribution in [3.05, 3.63) is 83.9 Å². The number of anilines is 1. The number of carbonyl (C=O) groups is 2. The maximum Gasteiger partial charge on any atom is 0.224 e. The van der Waals surface area contributed by atoms with Gasteiger partial charge in [0.1, 0.15) is 5.82 Å². The predicted octanol–water partition coefficient (Wildman–Crippen LogP) is 5.15. The van der Waals surface area contributed by atoms with Gasteiger partial charge < -0.3 is 9.88 Å². The van der Waals surface area contributed by atoms with E-state index in [-0.39, 0.29) is 24.5 Å². The number of nitrogens with one attached hydrogen (secondary N) is 1. The summed E-state index contributed by atoms with van der Waals surface area (Å²) >= 11 is 0. The smallest absolute Gasteiger partial charge is 0.224 e. The van der Waals surface area contributed by atoms with Crippen LogP contribution in [0.1, 0.15) is 28.8 Å². The quantitative estimate of drug-likeness (QED) is 0.458. The lowest BCUT2D eigenvalue weighted by atomic mass is 10.0. The van der Waals surface area contributed by atoms with Gasteiger partial charge in [0.15, 0.2) is 5.78 Å². The van der Waals surface area contributed by atoms with Gasteiger partial charge in [-0.2, -0.15) is 0 Å². The number of nitrogens with zero attached hydrogens (tertiary/aromatic N) is 2. The first-order valence-electron chi connectivity index (χ1n) is 9.93. The number of carbonyl (C=O) groups excluding carboxylic acids is 2. The molecule has 0 unspecified atom stereocenters. The van der Waals surface area contributed by atoms with Gasteiger partial charge in [0.05, 0.1) is 11.0 Å². The second kappa shape index (κ2) is 8.33. The second-order valence-electron chi connectivity index (χ2n) is 7.40. The number of para-hydroxylation sites is 2. The SMILES string of the molecule is Cc1ccc(C(=O)CCC(=O)Nc2ccc(-c3nc4ccccc4n3C)cc2)cc1. The molecule has 5 nitrogen and oxygen atoms in total. The zero-order valence-electron chi connectivity index (χ0n) is 17.1. The highest BCUT2D eigenvalue weighted by molar-refractivity contribution is 6.00. The van der Waals surface area contributed by atoms with Gasteiger partial charge in [0.2, 0.25) is 5.91 Å². The third kappa shape index (κ3) is 4.15. The summed E-state index contributed by atoms with van der Waals surface area (Å²) in [6, 6.07) is 23.0. The van der Waals surface area contributed by atoms with Gasteiger partial charge in [-0.05, 0) is 43.3 Å². The van der Waals surface area contributed by atoms with Gasteiger partial charge >= 0.3 is 0 Å². The Bertz CT molecular complexity index is 1210. The molecule has 5 heteroatoms. The normalized spacial score (nSPS) is 10.9. The molecule has 150 valence electrons. The minimum Gasteiger partial charge on any atom is -0.327 e. The van der Waals surface area contributed by atoms with Crippen LogP contribution in [0.3, 0.4) is 0 Å². The molecular weight excluding hydrogens is 374 g/mol. The Morgan fingerprint density at radius 1 is 0.900 bits per heavy atom. The number of benzene rings is 3. The number of rotatable bonds is 6. The molecule has 0 bridgehead atoms. The van der Waals surface area contributed by atoms with E-state index in [1.807, 2.05) is 74.6 Å². The summed E-state index contributed by atoms with van der Waals surface area (Å²) < 4.78 is 2.06. The van der Waals surface area contributed by atoms with E-state index in [9.17, 15) is 9.59 Å². The molecule has 0 spiro atoms. The van der Waals surface area contributed by atoms with Crippen molar-refractivity contribution >= 4 is 28.4 Å². The fraction of sp³-hybridized carbons (Fsp3) is 0.160. The van der Waals surface area contributed by atoms with E-state index in [0.29, 0.717) is 11.3 Å². The molecule has 1 aromatic heterocycles. The number of ketones is 1. The predicted molar refractivity (Wildman–Crippen MR) is 120 cm³/mol. The van der Waals surface area contributed by atoms with Crippen LogP contribution in [0, 0.1) is 6.92 Å². The summed E-state index contributed by atoms with van der Waals surface area (Å²) in [6.45, 7) is 1.98. The average molecular weight is 397 g/mol. The van der Waals surface area contributed by atoms with Crippen molar-refractivity contribution in [2.45, 2.75) is 19.8 Å². The van der Waals surface area contributed by atoms with Crippen molar-refractivity contribution in [2.75, 3.05) is 5.32 Å². The molecule has 0 radical (unpaired) electrons. The van der Waals surface area contributed by atoms with E-state index in [2.05, 4.69) is 9.88 Å². The Labute approximate surface area is 175 Å². The van der Waals surface area contributed by atoms with E-state index >= 15 is 0 Å². The lowest BCUT2D eigenvalue weighted by molar-refractivity contribution is -0.116. The Morgan fingerprint density at radius 2 is 1.60 bits per heavy atom. The molecular formula is C25H23N3O2. The van der Waals surface area contributed by atoms with Crippen molar-refractivity contribution in [3.63, 3.8) is 0 Å². The molecule has 1 heterocycles. The Hall–Kier alpha value is -3.73. The molecule has 1 amide bonds. The van der Waals surface area contributed by atoms with Crippen molar-refractivity contribution < 1.29 is 9.59 Å². The molecule has 0 atom stereocenters. The number of hydrogen-bond donors (Lipinski definition) is 1. The first-order valence-corrected chi connectivity index (χ1v) is 9.93. The Balaban J connectivity index is 1.38. The van der Waals surface area contributed by atoms with Crippen LogP contribution in [0.5, 0.6) is 0 Å². The molecule has 4 aromatic rings. The van der Waals surface area contributed by atoms with Crippen LogP contribution < -0.4 is 5.32 Å². The highest BCUT2D eigenvalue weighted by Gasteiger charge is 2.11. The first-order chi connectivity index (χ1) is 14.5. The molecule has 0 aliphatic carbocycles. The minimum atomic E-state index is -0.175. The Kier molecular flexibility index (Phi) is 5.44. The summed E-state index contributed by atoms with van der Waals surface area (Å²) in [5.41, 5.74) is 5.44. The van der Waals surface area contributed by atoms with Gasteiger partial charge in [-0.3, -0.25) is 9.59 Å². The number of imidazole rings is 1. The fourth-order valence-electron chi connectivity index (χ4n) is 3.44. The summed E-state index contributed by atoms with van der Waals surface area (Å²) in [6.07, 6.45) is 0.339. The monoisotopic (exact) mass is 397 g/mol. The average Bonchev–Trinajstić information content (AvgIpc) is 3.10. The zero-order chi connectivity index (χ0) is 21.1. The molecule has 0 saturated carbocycles. The van der Waals surface area contributed by atoms with Crippen LogP contribution in [0.2, 0.25) is 0 Å². The van der Waals surface area contributed by atoms with Gasteiger partial charge in [-0.25, -0.2) is 4.98 Å². The summed E-state index contributed by atoms with van der Waals surface area (Å²) in [7, 11) is 1.99. The largest absolute Gasteiger partial charge is 0.327 e. The third-order valence-electron chi connectivity index (χ3n) is 5.17. The van der Waals surface area contributed by atoms with E-state index in [1.165, 1.54) is 0 Å². The number of aromatic nitrogens is 2. The van der Waals surface area contributed by atoms with Crippen molar-refractivity contribution in [3.8, 4) is 11.4 Å². The molecule has 0 aliphatic heterocycles. The lowest BCUT2D eigenvalue weighted by Gasteiger charge is -2.07. The second-order valence-corrected chi connectivity index (χ2v) is 7.40. The van der Waals surface area contributed by atoms with Crippen LogP contribution in [0.4, 0.5) is 5.69 Å². The van der Waals surface area contributed by atoms with Crippen molar-refractivity contribution in [2.24, 2.45) is 7.05 Å². The van der Waals surface area contributed by atoms with Crippen LogP contribution in [0.25, 0.3) is 22.4 Å². The first kappa shape index (κ1) is 19.6. The summed E-state index contributed by atoms with van der Waals surface area (Å²) in [4.78, 5) is 29.2. The molecule has 0 saturated heterocycles. The maximum atomic E-state index is 12.2. The fourth-order valence-corrected chi connectivity index (χ4v) is 3.44. The molecule has 0 aliphatic rings. The highest BCUT2D eigenvalue weighted by Crippen LogP contribution is 2.24. The molecule has 1 N–H and O–H groups in total. The molecule has 30 heavy (non-hydrogen) atoms. The van der Waals surface area contributed by atoms with Crippen LogP contribution in [-0.4, -0.2) is 21.2 Å². The lowest BCUT2D eigenvalue weighted by Crippen LogP contribution is -2.13. The minimum absolute atomic E-state index is 0.0256. The standard InChI is InChI=1S/C25H23N3O2/c1-17-7-9-18(10-8-17)23(29)15-16-24(30)26-20-13-11-19(12-14-20)25-27-21-5-3-4-6-22(21)28(25)2/h3-14H,15-16H2,1-2H3,(H,26,30). The maximum absolute atomic E-state index is 12.2. The van der Waals surface area contributed by atoms with Gasteiger partial charge in [-0.1, -0.05) is 42.0 Å². The van der Waals surface area contributed by atoms with E-state index in [1.54, 1.807) is 12.1 Å². The van der Waals surface area contributed by atoms with Crippen LogP contribution >= 0.6 is 0 Å². The van der Waals surface area contributed by atoms with Crippen LogP contribution in [-0.2, 0) is 11.8 Å². The number of amides is 1. The van der Waals surface area contributed by atoms with Gasteiger partial charge in [-0.15, -0.1) is 0 Å².